The molecular weight excluding hydrogens is 246 g/mol. The Morgan fingerprint density at radius 2 is 1.93 bits per heavy atom. The molecule has 1 aromatic carbocycles. The van der Waals surface area contributed by atoms with Crippen molar-refractivity contribution in [1.82, 2.24) is 0 Å². The second kappa shape index (κ2) is 3.97. The van der Waals surface area contributed by atoms with Gasteiger partial charge in [-0.2, -0.15) is 0 Å². The summed E-state index contributed by atoms with van der Waals surface area (Å²) in [5.41, 5.74) is 0.579. The van der Waals surface area contributed by atoms with Gasteiger partial charge in [0.25, 0.3) is 3.79 Å². The maximum Gasteiger partial charge on any atom is 0.253 e. The summed E-state index contributed by atoms with van der Waals surface area (Å²) in [6, 6.07) is 4.68. The largest absolute Gasteiger partial charge is 0.507 e. The third-order valence-electron chi connectivity index (χ3n) is 1.74. The van der Waals surface area contributed by atoms with Gasteiger partial charge in [0, 0.05) is 0 Å². The summed E-state index contributed by atoms with van der Waals surface area (Å²) in [6.07, 6.45) is 0. The minimum absolute atomic E-state index is 0.0185. The number of hydrogen-bond donors (Lipinski definition) is 1. The van der Waals surface area contributed by atoms with Crippen LogP contribution in [0.4, 0.5) is 0 Å². The van der Waals surface area contributed by atoms with Gasteiger partial charge in [-0.1, -0.05) is 46.9 Å². The van der Waals surface area contributed by atoms with Gasteiger partial charge in [-0.25, -0.2) is 0 Å². The number of para-hydroxylation sites is 1. The predicted octanol–water partition coefficient (Wildman–Crippen LogP) is 3.25. The van der Waals surface area contributed by atoms with Gasteiger partial charge < -0.3 is 5.11 Å². The first-order valence-corrected chi connectivity index (χ1v) is 4.87. The summed E-state index contributed by atoms with van der Waals surface area (Å²) in [5.74, 6) is -0.882. The number of aromatic hydroxyl groups is 1. The zero-order chi connectivity index (χ0) is 10.9. The first kappa shape index (κ1) is 11.6. The molecule has 0 amide bonds. The number of Topliss-reactive ketones (excluding diaryl/α,β-unsaturated/α-hetero) is 1. The Morgan fingerprint density at radius 1 is 1.36 bits per heavy atom. The Balaban J connectivity index is 3.21. The van der Waals surface area contributed by atoms with Crippen molar-refractivity contribution in [3.63, 3.8) is 0 Å². The fourth-order valence-corrected chi connectivity index (χ4v) is 1.30. The van der Waals surface area contributed by atoms with Crippen molar-refractivity contribution in [2.75, 3.05) is 0 Å². The van der Waals surface area contributed by atoms with Crippen LogP contribution in [0.15, 0.2) is 18.2 Å². The van der Waals surface area contributed by atoms with Crippen molar-refractivity contribution in [2.45, 2.75) is 10.7 Å². The van der Waals surface area contributed by atoms with Gasteiger partial charge in [-0.15, -0.1) is 0 Å². The minimum Gasteiger partial charge on any atom is -0.507 e. The predicted molar refractivity (Wildman–Crippen MR) is 57.5 cm³/mol. The quantitative estimate of drug-likeness (QED) is 0.616. The van der Waals surface area contributed by atoms with E-state index >= 15 is 0 Å². The molecular formula is C9H7Cl3O2. The average molecular weight is 254 g/mol. The van der Waals surface area contributed by atoms with Crippen LogP contribution in [0.5, 0.6) is 5.75 Å². The van der Waals surface area contributed by atoms with E-state index in [1.165, 1.54) is 6.07 Å². The Bertz CT molecular complexity index is 369. The first-order valence-electron chi connectivity index (χ1n) is 3.74. The molecule has 0 unspecified atom stereocenters. The Hall–Kier alpha value is -0.440. The Labute approximate surface area is 96.4 Å². The standard InChI is InChI=1S/C9H7Cl3O2/c1-5-3-2-4-6(7(5)13)8(14)9(10,11)12/h2-4,13H,1H3. The van der Waals surface area contributed by atoms with E-state index in [9.17, 15) is 9.90 Å². The van der Waals surface area contributed by atoms with E-state index in [-0.39, 0.29) is 11.3 Å². The lowest BCUT2D eigenvalue weighted by Gasteiger charge is -2.11. The number of alkyl halides is 3. The first-order chi connectivity index (χ1) is 6.34. The van der Waals surface area contributed by atoms with E-state index in [1.54, 1.807) is 19.1 Å². The van der Waals surface area contributed by atoms with Gasteiger partial charge in [-0.3, -0.25) is 4.79 Å². The van der Waals surface area contributed by atoms with Crippen molar-refractivity contribution in [3.8, 4) is 5.75 Å². The number of aryl methyl sites for hydroxylation is 1. The summed E-state index contributed by atoms with van der Waals surface area (Å²) in [4.78, 5) is 11.5. The maximum atomic E-state index is 11.5. The van der Waals surface area contributed by atoms with Crippen molar-refractivity contribution < 1.29 is 9.90 Å². The van der Waals surface area contributed by atoms with Crippen LogP contribution in [-0.4, -0.2) is 14.7 Å². The SMILES string of the molecule is Cc1cccc(C(=O)C(Cl)(Cl)Cl)c1O. The van der Waals surface area contributed by atoms with Crippen molar-refractivity contribution in [3.05, 3.63) is 29.3 Å². The highest BCUT2D eigenvalue weighted by atomic mass is 35.6. The van der Waals surface area contributed by atoms with Crippen LogP contribution in [0.3, 0.4) is 0 Å². The molecule has 0 heterocycles. The molecule has 0 saturated carbocycles. The van der Waals surface area contributed by atoms with Crippen LogP contribution < -0.4 is 0 Å². The lowest BCUT2D eigenvalue weighted by atomic mass is 10.1. The van der Waals surface area contributed by atoms with Crippen LogP contribution >= 0.6 is 34.8 Å². The highest BCUT2D eigenvalue weighted by molar-refractivity contribution is 6.77. The van der Waals surface area contributed by atoms with Gasteiger partial charge in [0.05, 0.1) is 5.56 Å². The second-order valence-electron chi connectivity index (χ2n) is 2.80. The Morgan fingerprint density at radius 3 is 2.43 bits per heavy atom. The van der Waals surface area contributed by atoms with Crippen LogP contribution in [0.25, 0.3) is 0 Å². The normalized spacial score (nSPS) is 11.4. The van der Waals surface area contributed by atoms with Crippen LogP contribution in [0.1, 0.15) is 15.9 Å². The summed E-state index contributed by atoms with van der Waals surface area (Å²) >= 11 is 16.2. The van der Waals surface area contributed by atoms with E-state index in [1.807, 2.05) is 0 Å². The van der Waals surface area contributed by atoms with Crippen LogP contribution in [0, 0.1) is 6.92 Å². The molecule has 76 valence electrons. The highest BCUT2D eigenvalue weighted by Crippen LogP contribution is 2.34. The van der Waals surface area contributed by atoms with Gasteiger partial charge in [0.1, 0.15) is 5.75 Å². The van der Waals surface area contributed by atoms with E-state index in [0.29, 0.717) is 5.56 Å². The lowest BCUT2D eigenvalue weighted by Crippen LogP contribution is -2.19. The fraction of sp³-hybridized carbons (Fsp3) is 0.222. The highest BCUT2D eigenvalue weighted by Gasteiger charge is 2.33. The molecule has 0 radical (unpaired) electrons. The molecule has 5 heteroatoms. The molecule has 1 rings (SSSR count). The molecule has 0 aliphatic carbocycles. The van der Waals surface area contributed by atoms with E-state index in [2.05, 4.69) is 0 Å². The van der Waals surface area contributed by atoms with E-state index in [0.717, 1.165) is 0 Å². The monoisotopic (exact) mass is 252 g/mol. The smallest absolute Gasteiger partial charge is 0.253 e. The molecule has 0 atom stereocenters. The van der Waals surface area contributed by atoms with Crippen molar-refractivity contribution in [2.24, 2.45) is 0 Å². The summed E-state index contributed by atoms with van der Waals surface area (Å²) in [7, 11) is 0. The third kappa shape index (κ3) is 2.32. The lowest BCUT2D eigenvalue weighted by molar-refractivity contribution is 0.0993. The number of hydrogen-bond acceptors (Lipinski definition) is 2. The number of benzene rings is 1. The van der Waals surface area contributed by atoms with E-state index in [4.69, 9.17) is 34.8 Å². The number of carbonyl (C=O) groups is 1. The number of phenolic OH excluding ortho intramolecular Hbond substituents is 1. The molecule has 0 fully saturated rings. The average Bonchev–Trinajstić information content (AvgIpc) is 2.07. The summed E-state index contributed by atoms with van der Waals surface area (Å²) in [6.45, 7) is 1.66. The van der Waals surface area contributed by atoms with Gasteiger partial charge >= 0.3 is 0 Å². The molecule has 0 bridgehead atoms. The Kier molecular flexibility index (Phi) is 3.30. The third-order valence-corrected chi connectivity index (χ3v) is 2.25. The van der Waals surface area contributed by atoms with E-state index < -0.39 is 9.58 Å². The van der Waals surface area contributed by atoms with Crippen LogP contribution in [0.2, 0.25) is 0 Å². The summed E-state index contributed by atoms with van der Waals surface area (Å²) < 4.78 is -2.04. The second-order valence-corrected chi connectivity index (χ2v) is 5.08. The molecule has 1 aromatic rings. The van der Waals surface area contributed by atoms with Crippen LogP contribution in [-0.2, 0) is 0 Å². The molecule has 0 spiro atoms. The zero-order valence-electron chi connectivity index (χ0n) is 7.22. The minimum atomic E-state index is -2.04. The molecule has 0 aliphatic heterocycles. The number of phenols is 1. The molecule has 1 N–H and O–H groups in total. The molecule has 14 heavy (non-hydrogen) atoms. The fourth-order valence-electron chi connectivity index (χ4n) is 0.995. The van der Waals surface area contributed by atoms with Gasteiger partial charge in [0.2, 0.25) is 5.78 Å². The topological polar surface area (TPSA) is 37.3 Å². The molecule has 0 saturated heterocycles. The van der Waals surface area contributed by atoms with Gasteiger partial charge in [-0.05, 0) is 18.6 Å². The zero-order valence-corrected chi connectivity index (χ0v) is 9.49. The maximum absolute atomic E-state index is 11.5. The molecule has 0 aliphatic rings. The van der Waals surface area contributed by atoms with Gasteiger partial charge in [0.15, 0.2) is 0 Å². The molecule has 0 aromatic heterocycles. The summed E-state index contributed by atoms with van der Waals surface area (Å²) in [5, 5.41) is 9.53. The number of carbonyl (C=O) groups excluding carboxylic acids is 1. The number of rotatable bonds is 1. The number of halogens is 3. The number of ketones is 1. The van der Waals surface area contributed by atoms with Crippen molar-refractivity contribution >= 4 is 40.6 Å². The van der Waals surface area contributed by atoms with Crippen molar-refractivity contribution in [1.29, 1.82) is 0 Å². The molecule has 2 nitrogen and oxygen atoms in total.